The number of amides is 1. The zero-order valence-corrected chi connectivity index (χ0v) is 13.2. The van der Waals surface area contributed by atoms with Gasteiger partial charge in [0.05, 0.1) is 13.2 Å². The minimum absolute atomic E-state index is 0.0668. The first-order valence-corrected chi connectivity index (χ1v) is 7.71. The monoisotopic (exact) mass is 290 g/mol. The molecule has 0 bridgehead atoms. The minimum atomic E-state index is -0.402. The van der Waals surface area contributed by atoms with E-state index in [-0.39, 0.29) is 5.91 Å². The molecule has 0 aliphatic heterocycles. The lowest BCUT2D eigenvalue weighted by molar-refractivity contribution is -0.134. The third kappa shape index (κ3) is 4.21. The van der Waals surface area contributed by atoms with Gasteiger partial charge in [-0.15, -0.1) is 0 Å². The number of hydrogen-bond acceptors (Lipinski definition) is 3. The van der Waals surface area contributed by atoms with Gasteiger partial charge < -0.3 is 15.4 Å². The number of methoxy groups -OCH3 is 1. The largest absolute Gasteiger partial charge is 0.496 e. The molecule has 1 atom stereocenters. The predicted molar refractivity (Wildman–Crippen MR) is 84.0 cm³/mol. The summed E-state index contributed by atoms with van der Waals surface area (Å²) in [7, 11) is 1.66. The van der Waals surface area contributed by atoms with Crippen LogP contribution in [0, 0.1) is 5.92 Å². The number of para-hydroxylation sites is 1. The van der Waals surface area contributed by atoms with E-state index in [9.17, 15) is 4.79 Å². The highest BCUT2D eigenvalue weighted by molar-refractivity contribution is 5.82. The van der Waals surface area contributed by atoms with Crippen LogP contribution in [0.1, 0.15) is 38.7 Å². The van der Waals surface area contributed by atoms with Crippen molar-refractivity contribution in [1.82, 2.24) is 4.90 Å². The Morgan fingerprint density at radius 3 is 2.62 bits per heavy atom. The van der Waals surface area contributed by atoms with E-state index in [2.05, 4.69) is 13.8 Å². The number of nitrogens with zero attached hydrogens (tertiary/aromatic N) is 1. The molecule has 0 spiro atoms. The summed E-state index contributed by atoms with van der Waals surface area (Å²) in [4.78, 5) is 14.6. The molecule has 4 heteroatoms. The van der Waals surface area contributed by atoms with Crippen LogP contribution in [0.25, 0.3) is 0 Å². The number of ether oxygens (including phenoxy) is 1. The van der Waals surface area contributed by atoms with E-state index < -0.39 is 6.04 Å². The Morgan fingerprint density at radius 2 is 2.05 bits per heavy atom. The summed E-state index contributed by atoms with van der Waals surface area (Å²) < 4.78 is 5.38. The van der Waals surface area contributed by atoms with E-state index in [0.717, 1.165) is 30.6 Å². The average Bonchev–Trinajstić information content (AvgIpc) is 3.28. The van der Waals surface area contributed by atoms with E-state index in [4.69, 9.17) is 10.5 Å². The van der Waals surface area contributed by atoms with Gasteiger partial charge in [-0.3, -0.25) is 4.79 Å². The van der Waals surface area contributed by atoms with E-state index in [1.54, 1.807) is 7.11 Å². The smallest absolute Gasteiger partial charge is 0.240 e. The number of rotatable bonds is 7. The maximum absolute atomic E-state index is 12.6. The molecule has 1 saturated carbocycles. The quantitative estimate of drug-likeness (QED) is 0.839. The fourth-order valence-corrected chi connectivity index (χ4v) is 2.61. The van der Waals surface area contributed by atoms with Crippen LogP contribution in [0.5, 0.6) is 5.75 Å². The van der Waals surface area contributed by atoms with Crippen LogP contribution in [0.15, 0.2) is 24.3 Å². The molecule has 116 valence electrons. The van der Waals surface area contributed by atoms with Crippen LogP contribution in [-0.4, -0.2) is 30.0 Å². The second-order valence-electron chi connectivity index (χ2n) is 6.25. The molecule has 1 amide bonds. The lowest BCUT2D eigenvalue weighted by atomic mass is 10.0. The second-order valence-corrected chi connectivity index (χ2v) is 6.25. The Kier molecular flexibility index (Phi) is 5.23. The lowest BCUT2D eigenvalue weighted by Gasteiger charge is -2.27. The Morgan fingerprint density at radius 1 is 1.38 bits per heavy atom. The molecule has 0 aromatic heterocycles. The third-order valence-electron chi connectivity index (χ3n) is 3.85. The number of hydrogen-bond donors (Lipinski definition) is 1. The molecule has 1 aliphatic rings. The van der Waals surface area contributed by atoms with E-state index in [1.165, 1.54) is 0 Å². The zero-order valence-electron chi connectivity index (χ0n) is 13.2. The van der Waals surface area contributed by atoms with Crippen molar-refractivity contribution in [2.45, 2.75) is 51.7 Å². The van der Waals surface area contributed by atoms with Gasteiger partial charge in [0.1, 0.15) is 5.75 Å². The van der Waals surface area contributed by atoms with Gasteiger partial charge in [-0.25, -0.2) is 0 Å². The topological polar surface area (TPSA) is 55.6 Å². The minimum Gasteiger partial charge on any atom is -0.496 e. The maximum atomic E-state index is 12.6. The molecule has 21 heavy (non-hydrogen) atoms. The molecule has 0 radical (unpaired) electrons. The van der Waals surface area contributed by atoms with Crippen LogP contribution < -0.4 is 10.5 Å². The number of carbonyl (C=O) groups excluding carboxylic acids is 1. The molecule has 2 rings (SSSR count). The number of carbonyl (C=O) groups is 1. The Bertz CT molecular complexity index is 483. The summed E-state index contributed by atoms with van der Waals surface area (Å²) in [6, 6.07) is 7.80. The van der Waals surface area contributed by atoms with Crippen molar-refractivity contribution < 1.29 is 9.53 Å². The van der Waals surface area contributed by atoms with Gasteiger partial charge in [-0.05, 0) is 31.2 Å². The zero-order chi connectivity index (χ0) is 15.4. The highest BCUT2D eigenvalue weighted by Crippen LogP contribution is 2.31. The molecule has 0 saturated heterocycles. The molecular weight excluding hydrogens is 264 g/mol. The van der Waals surface area contributed by atoms with Crippen molar-refractivity contribution in [3.8, 4) is 5.75 Å². The fraction of sp³-hybridized carbons (Fsp3) is 0.588. The third-order valence-corrected chi connectivity index (χ3v) is 3.85. The predicted octanol–water partition coefficient (Wildman–Crippen LogP) is 2.56. The summed E-state index contributed by atoms with van der Waals surface area (Å²) in [6.07, 6.45) is 2.89. The van der Waals surface area contributed by atoms with Crippen LogP contribution in [-0.2, 0) is 11.3 Å². The second kappa shape index (κ2) is 6.94. The van der Waals surface area contributed by atoms with E-state index in [0.29, 0.717) is 18.5 Å². The summed E-state index contributed by atoms with van der Waals surface area (Å²) in [5.41, 5.74) is 7.13. The summed E-state index contributed by atoms with van der Waals surface area (Å²) in [5.74, 6) is 1.32. The first kappa shape index (κ1) is 15.8. The van der Waals surface area contributed by atoms with Crippen LogP contribution in [0.3, 0.4) is 0 Å². The van der Waals surface area contributed by atoms with Gasteiger partial charge in [-0.2, -0.15) is 0 Å². The first-order chi connectivity index (χ1) is 10.0. The fourth-order valence-electron chi connectivity index (χ4n) is 2.61. The molecule has 0 heterocycles. The van der Waals surface area contributed by atoms with Crippen molar-refractivity contribution in [2.75, 3.05) is 7.11 Å². The Balaban J connectivity index is 2.10. The van der Waals surface area contributed by atoms with Crippen molar-refractivity contribution >= 4 is 5.91 Å². The van der Waals surface area contributed by atoms with Crippen molar-refractivity contribution in [1.29, 1.82) is 0 Å². The molecule has 2 N–H and O–H groups in total. The molecule has 4 nitrogen and oxygen atoms in total. The van der Waals surface area contributed by atoms with Crippen molar-refractivity contribution in [3.05, 3.63) is 29.8 Å². The Hall–Kier alpha value is -1.55. The molecule has 1 aromatic carbocycles. The maximum Gasteiger partial charge on any atom is 0.240 e. The van der Waals surface area contributed by atoms with E-state index in [1.807, 2.05) is 29.2 Å². The van der Waals surface area contributed by atoms with Crippen LogP contribution in [0.2, 0.25) is 0 Å². The van der Waals surface area contributed by atoms with Crippen LogP contribution >= 0.6 is 0 Å². The summed E-state index contributed by atoms with van der Waals surface area (Å²) in [5, 5.41) is 0. The van der Waals surface area contributed by atoms with Gasteiger partial charge >= 0.3 is 0 Å². The number of nitrogens with two attached hydrogens (primary N) is 1. The molecule has 1 fully saturated rings. The molecular formula is C17H26N2O2. The van der Waals surface area contributed by atoms with Gasteiger partial charge in [0.15, 0.2) is 0 Å². The Labute approximate surface area is 127 Å². The van der Waals surface area contributed by atoms with Gasteiger partial charge in [-0.1, -0.05) is 32.0 Å². The van der Waals surface area contributed by atoms with Crippen molar-refractivity contribution in [3.63, 3.8) is 0 Å². The van der Waals surface area contributed by atoms with Crippen LogP contribution in [0.4, 0.5) is 0 Å². The summed E-state index contributed by atoms with van der Waals surface area (Å²) >= 11 is 0. The standard InChI is InChI=1S/C17H26N2O2/c1-12(2)10-15(18)17(20)19(14-8-9-14)11-13-6-4-5-7-16(13)21-3/h4-7,12,14-15H,8-11,18H2,1-3H3/t15-/m1/s1. The van der Waals surface area contributed by atoms with Gasteiger partial charge in [0, 0.05) is 18.2 Å². The van der Waals surface area contributed by atoms with Crippen molar-refractivity contribution in [2.24, 2.45) is 11.7 Å². The highest BCUT2D eigenvalue weighted by Gasteiger charge is 2.35. The normalized spacial score (nSPS) is 15.9. The van der Waals surface area contributed by atoms with E-state index >= 15 is 0 Å². The lowest BCUT2D eigenvalue weighted by Crippen LogP contribution is -2.45. The SMILES string of the molecule is COc1ccccc1CN(C(=O)[C@H](N)CC(C)C)C1CC1. The highest BCUT2D eigenvalue weighted by atomic mass is 16.5. The average molecular weight is 290 g/mol. The molecule has 1 aliphatic carbocycles. The first-order valence-electron chi connectivity index (χ1n) is 7.71. The molecule has 0 unspecified atom stereocenters. The van der Waals surface area contributed by atoms with Gasteiger partial charge in [0.25, 0.3) is 0 Å². The molecule has 1 aromatic rings. The summed E-state index contributed by atoms with van der Waals surface area (Å²) in [6.45, 7) is 4.77. The number of benzene rings is 1. The van der Waals surface area contributed by atoms with Gasteiger partial charge in [0.2, 0.25) is 5.91 Å².